The van der Waals surface area contributed by atoms with Gasteiger partial charge < -0.3 is 10.4 Å². The molecule has 0 aliphatic rings. The Morgan fingerprint density at radius 3 is 2.41 bits per heavy atom. The molecule has 0 spiro atoms. The highest BCUT2D eigenvalue weighted by molar-refractivity contribution is 5.28. The number of hydrogen-bond acceptors (Lipinski definition) is 2. The molecular weight excluding hydrogens is 231 g/mol. The highest BCUT2D eigenvalue weighted by Crippen LogP contribution is 2.21. The van der Waals surface area contributed by atoms with Crippen LogP contribution in [0, 0.1) is 6.92 Å². The van der Waals surface area contributed by atoms with Crippen LogP contribution >= 0.6 is 0 Å². The molecule has 0 saturated heterocycles. The lowest BCUT2D eigenvalue weighted by molar-refractivity contribution is -0.202. The normalized spacial score (nSPS) is 15.6. The van der Waals surface area contributed by atoms with Crippen LogP contribution in [-0.2, 0) is 0 Å². The number of alkyl halides is 3. The van der Waals surface area contributed by atoms with Gasteiger partial charge in [0.2, 0.25) is 0 Å². The zero-order valence-corrected chi connectivity index (χ0v) is 9.75. The highest BCUT2D eigenvalue weighted by atomic mass is 19.4. The molecule has 0 aromatic heterocycles. The Labute approximate surface area is 98.5 Å². The number of aryl methyl sites for hydroxylation is 1. The maximum absolute atomic E-state index is 12.1. The van der Waals surface area contributed by atoms with E-state index in [0.717, 1.165) is 11.1 Å². The van der Waals surface area contributed by atoms with Crippen molar-refractivity contribution in [3.63, 3.8) is 0 Å². The summed E-state index contributed by atoms with van der Waals surface area (Å²) < 4.78 is 36.3. The van der Waals surface area contributed by atoms with Gasteiger partial charge in [-0.05, 0) is 25.0 Å². The van der Waals surface area contributed by atoms with Crippen LogP contribution in [-0.4, -0.2) is 23.9 Å². The summed E-state index contributed by atoms with van der Waals surface area (Å²) in [6.07, 6.45) is -6.90. The molecule has 1 aromatic carbocycles. The van der Waals surface area contributed by atoms with Gasteiger partial charge in [-0.1, -0.05) is 24.3 Å². The SMILES string of the molecule is Cc1ccccc1[C@H](C)NCC(O)C(F)(F)F. The molecule has 1 rings (SSSR count). The molecule has 0 amide bonds. The van der Waals surface area contributed by atoms with Crippen LogP contribution < -0.4 is 5.32 Å². The predicted molar refractivity (Wildman–Crippen MR) is 59.7 cm³/mol. The molecule has 17 heavy (non-hydrogen) atoms. The molecule has 0 aliphatic heterocycles. The fraction of sp³-hybridized carbons (Fsp3) is 0.500. The van der Waals surface area contributed by atoms with Crippen molar-refractivity contribution in [2.75, 3.05) is 6.54 Å². The largest absolute Gasteiger partial charge is 0.415 e. The Kier molecular flexibility index (Phi) is 4.54. The smallest absolute Gasteiger partial charge is 0.382 e. The Balaban J connectivity index is 2.57. The predicted octanol–water partition coefficient (Wildman–Crippen LogP) is 2.57. The third kappa shape index (κ3) is 4.02. The van der Waals surface area contributed by atoms with Gasteiger partial charge in [0.05, 0.1) is 0 Å². The molecule has 96 valence electrons. The summed E-state index contributed by atoms with van der Waals surface area (Å²) in [4.78, 5) is 0. The van der Waals surface area contributed by atoms with Gasteiger partial charge in [-0.25, -0.2) is 0 Å². The molecule has 2 nitrogen and oxygen atoms in total. The van der Waals surface area contributed by atoms with Gasteiger partial charge in [0.1, 0.15) is 0 Å². The molecule has 0 heterocycles. The first-order valence-electron chi connectivity index (χ1n) is 5.36. The van der Waals surface area contributed by atoms with Crippen molar-refractivity contribution in [1.29, 1.82) is 0 Å². The fourth-order valence-corrected chi connectivity index (χ4v) is 1.59. The lowest BCUT2D eigenvalue weighted by Gasteiger charge is -2.20. The van der Waals surface area contributed by atoms with Gasteiger partial charge in [-0.3, -0.25) is 0 Å². The van der Waals surface area contributed by atoms with E-state index in [0.29, 0.717) is 0 Å². The van der Waals surface area contributed by atoms with Crippen LogP contribution in [0.2, 0.25) is 0 Å². The average molecular weight is 247 g/mol. The number of hydrogen-bond donors (Lipinski definition) is 2. The van der Waals surface area contributed by atoms with E-state index in [1.54, 1.807) is 6.92 Å². The van der Waals surface area contributed by atoms with Gasteiger partial charge in [-0.15, -0.1) is 0 Å². The molecule has 5 heteroatoms. The zero-order valence-electron chi connectivity index (χ0n) is 9.75. The molecule has 1 unspecified atom stereocenters. The number of aliphatic hydroxyl groups excluding tert-OH is 1. The number of aliphatic hydroxyl groups is 1. The van der Waals surface area contributed by atoms with Gasteiger partial charge in [-0.2, -0.15) is 13.2 Å². The second kappa shape index (κ2) is 5.51. The van der Waals surface area contributed by atoms with Gasteiger partial charge in [0, 0.05) is 12.6 Å². The van der Waals surface area contributed by atoms with Crippen LogP contribution in [0.4, 0.5) is 13.2 Å². The van der Waals surface area contributed by atoms with Crippen LogP contribution in [0.5, 0.6) is 0 Å². The maximum Gasteiger partial charge on any atom is 0.415 e. The zero-order chi connectivity index (χ0) is 13.1. The van der Waals surface area contributed by atoms with Gasteiger partial charge >= 0.3 is 6.18 Å². The van der Waals surface area contributed by atoms with E-state index in [4.69, 9.17) is 5.11 Å². The van der Waals surface area contributed by atoms with E-state index in [9.17, 15) is 13.2 Å². The lowest BCUT2D eigenvalue weighted by Crippen LogP contribution is -2.39. The Hall–Kier alpha value is -1.07. The monoisotopic (exact) mass is 247 g/mol. The van der Waals surface area contributed by atoms with Gasteiger partial charge in [0.25, 0.3) is 0 Å². The average Bonchev–Trinajstić information content (AvgIpc) is 2.24. The molecule has 0 fully saturated rings. The molecule has 2 atom stereocenters. The molecule has 0 aliphatic carbocycles. The third-order valence-corrected chi connectivity index (χ3v) is 2.65. The Bertz CT molecular complexity index is 365. The first kappa shape index (κ1) is 14.0. The quantitative estimate of drug-likeness (QED) is 0.857. The van der Waals surface area contributed by atoms with E-state index in [-0.39, 0.29) is 6.04 Å². The molecule has 2 N–H and O–H groups in total. The topological polar surface area (TPSA) is 32.3 Å². The minimum Gasteiger partial charge on any atom is -0.382 e. The van der Waals surface area contributed by atoms with Crippen molar-refractivity contribution in [1.82, 2.24) is 5.32 Å². The minimum absolute atomic E-state index is 0.229. The summed E-state index contributed by atoms with van der Waals surface area (Å²) >= 11 is 0. The summed E-state index contributed by atoms with van der Waals surface area (Å²) in [6.45, 7) is 3.16. The molecule has 0 radical (unpaired) electrons. The summed E-state index contributed by atoms with van der Waals surface area (Å²) in [6, 6.07) is 7.23. The first-order chi connectivity index (χ1) is 7.82. The third-order valence-electron chi connectivity index (χ3n) is 2.65. The highest BCUT2D eigenvalue weighted by Gasteiger charge is 2.37. The second-order valence-corrected chi connectivity index (χ2v) is 4.04. The number of benzene rings is 1. The number of nitrogens with one attached hydrogen (secondary N) is 1. The van der Waals surface area contributed by atoms with Crippen LogP contribution in [0.1, 0.15) is 24.1 Å². The fourth-order valence-electron chi connectivity index (χ4n) is 1.59. The molecule has 1 aromatic rings. The summed E-state index contributed by atoms with van der Waals surface area (Å²) in [5.74, 6) is 0. The van der Waals surface area contributed by atoms with Crippen molar-refractivity contribution in [3.8, 4) is 0 Å². The summed E-state index contributed by atoms with van der Waals surface area (Å²) in [5.41, 5.74) is 1.94. The van der Waals surface area contributed by atoms with Crippen LogP contribution in [0.15, 0.2) is 24.3 Å². The van der Waals surface area contributed by atoms with E-state index in [1.807, 2.05) is 31.2 Å². The van der Waals surface area contributed by atoms with Crippen LogP contribution in [0.3, 0.4) is 0 Å². The van der Waals surface area contributed by atoms with Crippen molar-refractivity contribution in [2.24, 2.45) is 0 Å². The standard InChI is InChI=1S/C12H16F3NO/c1-8-5-3-4-6-10(8)9(2)16-7-11(17)12(13,14)15/h3-6,9,11,16-17H,7H2,1-2H3/t9-,11?/m0/s1. The van der Waals surface area contributed by atoms with E-state index >= 15 is 0 Å². The van der Waals surface area contributed by atoms with Crippen molar-refractivity contribution in [2.45, 2.75) is 32.2 Å². The second-order valence-electron chi connectivity index (χ2n) is 4.04. The maximum atomic E-state index is 12.1. The first-order valence-corrected chi connectivity index (χ1v) is 5.36. The molecular formula is C12H16F3NO. The summed E-state index contributed by atoms with van der Waals surface area (Å²) in [5, 5.41) is 11.5. The van der Waals surface area contributed by atoms with E-state index in [2.05, 4.69) is 5.32 Å². The number of halogens is 3. The number of rotatable bonds is 4. The van der Waals surface area contributed by atoms with Crippen molar-refractivity contribution in [3.05, 3.63) is 35.4 Å². The van der Waals surface area contributed by atoms with E-state index < -0.39 is 18.8 Å². The Morgan fingerprint density at radius 1 is 1.29 bits per heavy atom. The van der Waals surface area contributed by atoms with Crippen LogP contribution in [0.25, 0.3) is 0 Å². The van der Waals surface area contributed by atoms with Crippen molar-refractivity contribution < 1.29 is 18.3 Å². The summed E-state index contributed by atoms with van der Waals surface area (Å²) in [7, 11) is 0. The molecule has 0 saturated carbocycles. The Morgan fingerprint density at radius 2 is 1.88 bits per heavy atom. The lowest BCUT2D eigenvalue weighted by atomic mass is 10.0. The van der Waals surface area contributed by atoms with Gasteiger partial charge in [0.15, 0.2) is 6.10 Å². The molecule has 0 bridgehead atoms. The van der Waals surface area contributed by atoms with Crippen molar-refractivity contribution >= 4 is 0 Å². The minimum atomic E-state index is -4.57. The van der Waals surface area contributed by atoms with E-state index in [1.165, 1.54) is 0 Å².